The van der Waals surface area contributed by atoms with Gasteiger partial charge in [0.25, 0.3) is 5.91 Å². The van der Waals surface area contributed by atoms with Gasteiger partial charge in [0, 0.05) is 13.1 Å². The highest BCUT2D eigenvalue weighted by Gasteiger charge is 2.32. The molecule has 0 N–H and O–H groups in total. The molecule has 0 spiro atoms. The summed E-state index contributed by atoms with van der Waals surface area (Å²) in [6.07, 6.45) is -0.247. The zero-order valence-corrected chi connectivity index (χ0v) is 17.1. The summed E-state index contributed by atoms with van der Waals surface area (Å²) >= 11 is 0. The Balaban J connectivity index is 2.01. The Morgan fingerprint density at radius 3 is 2.43 bits per heavy atom. The molecule has 1 fully saturated rings. The van der Waals surface area contributed by atoms with Crippen molar-refractivity contribution in [3.63, 3.8) is 0 Å². The second-order valence-electron chi connectivity index (χ2n) is 6.61. The van der Waals surface area contributed by atoms with Crippen LogP contribution < -0.4 is 9.47 Å². The Kier molecular flexibility index (Phi) is 8.37. The van der Waals surface area contributed by atoms with Crippen molar-refractivity contribution in [1.82, 2.24) is 4.90 Å². The van der Waals surface area contributed by atoms with Crippen LogP contribution in [0.4, 0.5) is 8.78 Å². The van der Waals surface area contributed by atoms with Crippen LogP contribution in [0.15, 0.2) is 18.2 Å². The summed E-state index contributed by atoms with van der Waals surface area (Å²) in [4.78, 5) is 38.4. The predicted molar refractivity (Wildman–Crippen MR) is 100 cm³/mol. The molecule has 0 bridgehead atoms. The summed E-state index contributed by atoms with van der Waals surface area (Å²) in [7, 11) is 1.24. The van der Waals surface area contributed by atoms with E-state index in [1.54, 1.807) is 6.92 Å². The Bertz CT molecular complexity index is 764. The van der Waals surface area contributed by atoms with Gasteiger partial charge in [-0.25, -0.2) is 4.79 Å². The molecule has 166 valence electrons. The van der Waals surface area contributed by atoms with Crippen molar-refractivity contribution >= 4 is 17.8 Å². The zero-order valence-electron chi connectivity index (χ0n) is 17.1. The fourth-order valence-electron chi connectivity index (χ4n) is 3.18. The standard InChI is InChI=1S/C20H25F2NO7/c1-4-28-18(25)13-8-10-23(11-9-13)17(24)12(2)29-19(26)14-6-5-7-15(27-3)16(14)30-20(21)22/h5-7,12-13,20H,4,8-11H2,1-3H3. The van der Waals surface area contributed by atoms with Crippen LogP contribution in [0.25, 0.3) is 0 Å². The first kappa shape index (κ1) is 23.4. The number of methoxy groups -OCH3 is 1. The molecule has 1 amide bonds. The maximum absolute atomic E-state index is 12.7. The largest absolute Gasteiger partial charge is 0.493 e. The van der Waals surface area contributed by atoms with Crippen LogP contribution in [0.2, 0.25) is 0 Å². The van der Waals surface area contributed by atoms with Gasteiger partial charge in [-0.05, 0) is 38.8 Å². The summed E-state index contributed by atoms with van der Waals surface area (Å²) in [5.74, 6) is -2.51. The summed E-state index contributed by atoms with van der Waals surface area (Å²) in [6, 6.07) is 4.02. The normalized spacial score (nSPS) is 15.5. The topological polar surface area (TPSA) is 91.4 Å². The lowest BCUT2D eigenvalue weighted by molar-refractivity contribution is -0.152. The fourth-order valence-corrected chi connectivity index (χ4v) is 3.18. The van der Waals surface area contributed by atoms with Crippen LogP contribution >= 0.6 is 0 Å². The maximum atomic E-state index is 12.7. The average molecular weight is 429 g/mol. The lowest BCUT2D eigenvalue weighted by Crippen LogP contribution is -2.45. The van der Waals surface area contributed by atoms with Gasteiger partial charge in [-0.3, -0.25) is 9.59 Å². The molecular weight excluding hydrogens is 404 g/mol. The number of halogens is 2. The van der Waals surface area contributed by atoms with Gasteiger partial charge < -0.3 is 23.8 Å². The number of alkyl halides is 2. The summed E-state index contributed by atoms with van der Waals surface area (Å²) in [5.41, 5.74) is -0.282. The molecule has 1 aromatic rings. The summed E-state index contributed by atoms with van der Waals surface area (Å²) < 4.78 is 45.0. The molecular formula is C20H25F2NO7. The molecule has 1 heterocycles. The number of amides is 1. The highest BCUT2D eigenvalue weighted by Crippen LogP contribution is 2.33. The molecule has 0 radical (unpaired) electrons. The molecule has 0 saturated carbocycles. The minimum Gasteiger partial charge on any atom is -0.493 e. The van der Waals surface area contributed by atoms with E-state index in [0.29, 0.717) is 32.5 Å². The first-order valence-electron chi connectivity index (χ1n) is 9.56. The van der Waals surface area contributed by atoms with Crippen molar-refractivity contribution in [3.8, 4) is 11.5 Å². The Morgan fingerprint density at radius 1 is 1.20 bits per heavy atom. The number of likely N-dealkylation sites (tertiary alicyclic amines) is 1. The van der Waals surface area contributed by atoms with E-state index >= 15 is 0 Å². The Hall–Kier alpha value is -2.91. The third kappa shape index (κ3) is 5.80. The van der Waals surface area contributed by atoms with E-state index < -0.39 is 30.3 Å². The van der Waals surface area contributed by atoms with Gasteiger partial charge in [0.15, 0.2) is 17.6 Å². The average Bonchev–Trinajstić information content (AvgIpc) is 2.73. The van der Waals surface area contributed by atoms with Gasteiger partial charge in [0.2, 0.25) is 0 Å². The lowest BCUT2D eigenvalue weighted by Gasteiger charge is -2.32. The van der Waals surface area contributed by atoms with Crippen molar-refractivity contribution in [2.75, 3.05) is 26.8 Å². The molecule has 0 aliphatic carbocycles. The maximum Gasteiger partial charge on any atom is 0.387 e. The highest BCUT2D eigenvalue weighted by molar-refractivity contribution is 5.95. The number of hydrogen-bond donors (Lipinski definition) is 0. The first-order valence-corrected chi connectivity index (χ1v) is 9.56. The van der Waals surface area contributed by atoms with Crippen LogP contribution in [0.1, 0.15) is 37.0 Å². The molecule has 1 saturated heterocycles. The van der Waals surface area contributed by atoms with Gasteiger partial charge in [0.1, 0.15) is 5.56 Å². The smallest absolute Gasteiger partial charge is 0.387 e. The summed E-state index contributed by atoms with van der Waals surface area (Å²) in [5, 5.41) is 0. The Labute approximate surface area is 173 Å². The van der Waals surface area contributed by atoms with E-state index in [0.717, 1.165) is 0 Å². The molecule has 2 rings (SSSR count). The molecule has 1 unspecified atom stereocenters. The van der Waals surface area contributed by atoms with Crippen molar-refractivity contribution < 1.29 is 42.1 Å². The van der Waals surface area contributed by atoms with Gasteiger partial charge >= 0.3 is 18.6 Å². The fraction of sp³-hybridized carbons (Fsp3) is 0.550. The highest BCUT2D eigenvalue weighted by atomic mass is 19.3. The lowest BCUT2D eigenvalue weighted by atomic mass is 9.97. The number of para-hydroxylation sites is 1. The molecule has 1 atom stereocenters. The number of esters is 2. The number of rotatable bonds is 8. The van der Waals surface area contributed by atoms with E-state index in [1.165, 1.54) is 37.1 Å². The van der Waals surface area contributed by atoms with Gasteiger partial charge in [0.05, 0.1) is 19.6 Å². The predicted octanol–water partition coefficient (Wildman–Crippen LogP) is 2.64. The first-order chi connectivity index (χ1) is 14.3. The van der Waals surface area contributed by atoms with E-state index in [1.807, 2.05) is 0 Å². The number of piperidine rings is 1. The third-order valence-corrected chi connectivity index (χ3v) is 4.68. The van der Waals surface area contributed by atoms with Gasteiger partial charge in [-0.15, -0.1) is 0 Å². The van der Waals surface area contributed by atoms with Crippen molar-refractivity contribution in [3.05, 3.63) is 23.8 Å². The number of hydrogen-bond acceptors (Lipinski definition) is 7. The van der Waals surface area contributed by atoms with Gasteiger partial charge in [-0.2, -0.15) is 8.78 Å². The molecule has 0 aromatic heterocycles. The molecule has 1 aliphatic rings. The van der Waals surface area contributed by atoms with Crippen LogP contribution in [0.3, 0.4) is 0 Å². The van der Waals surface area contributed by atoms with Gasteiger partial charge in [-0.1, -0.05) is 6.07 Å². The minimum atomic E-state index is -3.17. The van der Waals surface area contributed by atoms with Crippen LogP contribution in [-0.4, -0.2) is 62.3 Å². The van der Waals surface area contributed by atoms with E-state index in [9.17, 15) is 23.2 Å². The van der Waals surface area contributed by atoms with Crippen molar-refractivity contribution in [1.29, 1.82) is 0 Å². The number of nitrogens with zero attached hydrogens (tertiary/aromatic N) is 1. The zero-order chi connectivity index (χ0) is 22.3. The SMILES string of the molecule is CCOC(=O)C1CCN(C(=O)C(C)OC(=O)c2cccc(OC)c2OC(F)F)CC1. The van der Waals surface area contributed by atoms with E-state index in [4.69, 9.17) is 14.2 Å². The molecule has 30 heavy (non-hydrogen) atoms. The molecule has 1 aromatic carbocycles. The summed E-state index contributed by atoms with van der Waals surface area (Å²) in [6.45, 7) is 0.893. The quantitative estimate of drug-likeness (QED) is 0.587. The monoisotopic (exact) mass is 429 g/mol. The van der Waals surface area contributed by atoms with E-state index in [2.05, 4.69) is 4.74 Å². The second-order valence-corrected chi connectivity index (χ2v) is 6.61. The number of benzene rings is 1. The number of carbonyl (C=O) groups is 3. The number of carbonyl (C=O) groups excluding carboxylic acids is 3. The molecule has 10 heteroatoms. The third-order valence-electron chi connectivity index (χ3n) is 4.68. The van der Waals surface area contributed by atoms with Crippen LogP contribution in [-0.2, 0) is 19.1 Å². The second kappa shape index (κ2) is 10.7. The van der Waals surface area contributed by atoms with Crippen molar-refractivity contribution in [2.24, 2.45) is 5.92 Å². The van der Waals surface area contributed by atoms with Crippen LogP contribution in [0.5, 0.6) is 11.5 Å². The number of ether oxygens (including phenoxy) is 4. The molecule has 1 aliphatic heterocycles. The molecule has 8 nitrogen and oxygen atoms in total. The van der Waals surface area contributed by atoms with E-state index in [-0.39, 0.29) is 23.2 Å². The minimum absolute atomic E-state index is 0.0650. The van der Waals surface area contributed by atoms with Crippen LogP contribution in [0, 0.1) is 5.92 Å². The van der Waals surface area contributed by atoms with Crippen molar-refractivity contribution in [2.45, 2.75) is 39.4 Å². The Morgan fingerprint density at radius 2 is 1.87 bits per heavy atom.